The molecule has 3 aromatic rings. The highest BCUT2D eigenvalue weighted by molar-refractivity contribution is 6.15. The Morgan fingerprint density at radius 3 is 2.73 bits per heavy atom. The van der Waals surface area contributed by atoms with Gasteiger partial charge in [0.1, 0.15) is 5.75 Å². The Hall–Kier alpha value is -3.20. The van der Waals surface area contributed by atoms with Gasteiger partial charge < -0.3 is 4.74 Å². The first-order valence-electron chi connectivity index (χ1n) is 8.68. The van der Waals surface area contributed by atoms with E-state index in [-0.39, 0.29) is 5.78 Å². The van der Waals surface area contributed by atoms with Crippen molar-refractivity contribution in [3.05, 3.63) is 101 Å². The first kappa shape index (κ1) is 16.3. The Kier molecular flexibility index (Phi) is 4.36. The van der Waals surface area contributed by atoms with Crippen LogP contribution >= 0.6 is 0 Å². The molecule has 0 saturated heterocycles. The summed E-state index contributed by atoms with van der Waals surface area (Å²) in [5.74, 6) is 0.902. The smallest absolute Gasteiger partial charge is 0.189 e. The molecule has 0 unspecified atom stereocenters. The van der Waals surface area contributed by atoms with Gasteiger partial charge in [0.25, 0.3) is 0 Å². The highest BCUT2D eigenvalue weighted by atomic mass is 16.5. The molecule has 1 aliphatic rings. The molecule has 1 heterocycles. The van der Waals surface area contributed by atoms with Gasteiger partial charge in [0, 0.05) is 34.8 Å². The fraction of sp³-hybridized carbons (Fsp3) is 0.130. The maximum absolute atomic E-state index is 12.7. The highest BCUT2D eigenvalue weighted by Crippen LogP contribution is 2.30. The number of methoxy groups -OCH3 is 1. The number of pyridine rings is 1. The molecule has 0 spiro atoms. The molecule has 0 aliphatic heterocycles. The molecule has 128 valence electrons. The van der Waals surface area contributed by atoms with Gasteiger partial charge in [0.05, 0.1) is 7.11 Å². The van der Waals surface area contributed by atoms with Crippen LogP contribution in [0.5, 0.6) is 5.75 Å². The van der Waals surface area contributed by atoms with E-state index in [0.29, 0.717) is 6.42 Å². The number of fused-ring (bicyclic) bond motifs is 1. The standard InChI is InChI=1S/C23H20NO2/c1-26-21-9-10-22-19(14-21)13-20(23(22)25)12-18-8-5-11-24(16-18)15-17-6-3-2-4-7-17/h2-12,14,16H,13,15H2,1H3/q+1. The number of allylic oxidation sites excluding steroid dienone is 1. The van der Waals surface area contributed by atoms with Crippen LogP contribution in [0, 0.1) is 0 Å². The molecular formula is C23H20NO2+. The highest BCUT2D eigenvalue weighted by Gasteiger charge is 2.25. The van der Waals surface area contributed by atoms with Crippen molar-refractivity contribution >= 4 is 11.9 Å². The number of nitrogens with zero attached hydrogens (tertiary/aromatic N) is 1. The van der Waals surface area contributed by atoms with E-state index in [1.165, 1.54) is 5.56 Å². The number of hydrogen-bond acceptors (Lipinski definition) is 2. The summed E-state index contributed by atoms with van der Waals surface area (Å²) >= 11 is 0. The Morgan fingerprint density at radius 2 is 1.92 bits per heavy atom. The predicted octanol–water partition coefficient (Wildman–Crippen LogP) is 3.85. The van der Waals surface area contributed by atoms with Crippen molar-refractivity contribution in [3.8, 4) is 5.75 Å². The van der Waals surface area contributed by atoms with Crippen molar-refractivity contribution < 1.29 is 14.1 Å². The zero-order chi connectivity index (χ0) is 17.9. The molecule has 0 saturated carbocycles. The third-order valence-electron chi connectivity index (χ3n) is 4.66. The third-order valence-corrected chi connectivity index (χ3v) is 4.66. The number of carbonyl (C=O) groups is 1. The molecule has 1 aliphatic carbocycles. The molecule has 0 amide bonds. The Labute approximate surface area is 153 Å². The first-order chi connectivity index (χ1) is 12.7. The second-order valence-electron chi connectivity index (χ2n) is 6.49. The predicted molar refractivity (Wildman–Crippen MR) is 101 cm³/mol. The van der Waals surface area contributed by atoms with E-state index in [1.807, 2.05) is 60.8 Å². The van der Waals surface area contributed by atoms with E-state index >= 15 is 0 Å². The lowest BCUT2D eigenvalue weighted by Crippen LogP contribution is -2.33. The molecule has 0 N–H and O–H groups in total. The Balaban J connectivity index is 1.59. The van der Waals surface area contributed by atoms with Gasteiger partial charge in [0.2, 0.25) is 0 Å². The van der Waals surface area contributed by atoms with Gasteiger partial charge in [-0.2, -0.15) is 0 Å². The fourth-order valence-electron chi connectivity index (χ4n) is 3.36. The van der Waals surface area contributed by atoms with Crippen molar-refractivity contribution in [2.24, 2.45) is 0 Å². The minimum Gasteiger partial charge on any atom is -0.497 e. The van der Waals surface area contributed by atoms with E-state index in [4.69, 9.17) is 4.74 Å². The van der Waals surface area contributed by atoms with Gasteiger partial charge in [-0.1, -0.05) is 30.3 Å². The normalized spacial score (nSPS) is 14.5. The molecule has 26 heavy (non-hydrogen) atoms. The molecule has 4 rings (SSSR count). The minimum absolute atomic E-state index is 0.112. The molecule has 0 bridgehead atoms. The second-order valence-corrected chi connectivity index (χ2v) is 6.49. The number of benzene rings is 2. The zero-order valence-electron chi connectivity index (χ0n) is 14.7. The SMILES string of the molecule is COc1ccc2c(c1)CC(=Cc1ccc[n+](Cc3ccccc3)c1)C2=O. The average molecular weight is 342 g/mol. The van der Waals surface area contributed by atoms with E-state index in [1.54, 1.807) is 7.11 Å². The number of carbonyl (C=O) groups excluding carboxylic acids is 1. The number of aromatic nitrogens is 1. The quantitative estimate of drug-likeness (QED) is 0.532. The topological polar surface area (TPSA) is 30.2 Å². The lowest BCUT2D eigenvalue weighted by atomic mass is 10.1. The summed E-state index contributed by atoms with van der Waals surface area (Å²) < 4.78 is 7.40. The van der Waals surface area contributed by atoms with E-state index in [9.17, 15) is 4.79 Å². The molecule has 3 heteroatoms. The van der Waals surface area contributed by atoms with Gasteiger partial charge in [-0.25, -0.2) is 4.57 Å². The minimum atomic E-state index is 0.112. The second kappa shape index (κ2) is 6.96. The van der Waals surface area contributed by atoms with Crippen LogP contribution in [-0.2, 0) is 13.0 Å². The van der Waals surface area contributed by atoms with E-state index < -0.39 is 0 Å². The Bertz CT molecular complexity index is 990. The molecule has 2 aromatic carbocycles. The van der Waals surface area contributed by atoms with Crippen molar-refractivity contribution in [2.75, 3.05) is 7.11 Å². The van der Waals surface area contributed by atoms with Crippen LogP contribution in [0.25, 0.3) is 6.08 Å². The van der Waals surface area contributed by atoms with Gasteiger partial charge in [-0.05, 0) is 35.9 Å². The monoisotopic (exact) mass is 342 g/mol. The molecular weight excluding hydrogens is 322 g/mol. The molecule has 0 atom stereocenters. The van der Waals surface area contributed by atoms with Crippen LogP contribution in [0.2, 0.25) is 0 Å². The largest absolute Gasteiger partial charge is 0.497 e. The number of ether oxygens (including phenoxy) is 1. The summed E-state index contributed by atoms with van der Waals surface area (Å²) in [6, 6.07) is 20.0. The van der Waals surface area contributed by atoms with Gasteiger partial charge in [-0.15, -0.1) is 0 Å². The number of ketones is 1. The lowest BCUT2D eigenvalue weighted by molar-refractivity contribution is -0.688. The lowest BCUT2D eigenvalue weighted by Gasteiger charge is -2.01. The van der Waals surface area contributed by atoms with Crippen molar-refractivity contribution in [3.63, 3.8) is 0 Å². The van der Waals surface area contributed by atoms with Crippen LogP contribution in [0.15, 0.2) is 78.6 Å². The number of Topliss-reactive ketones (excluding diaryl/α,β-unsaturated/α-hetero) is 1. The maximum Gasteiger partial charge on any atom is 0.189 e. The molecule has 0 radical (unpaired) electrons. The third kappa shape index (κ3) is 3.29. The summed E-state index contributed by atoms with van der Waals surface area (Å²) in [6.45, 7) is 0.809. The summed E-state index contributed by atoms with van der Waals surface area (Å²) in [5.41, 5.74) is 4.93. The van der Waals surface area contributed by atoms with Gasteiger partial charge in [0.15, 0.2) is 24.7 Å². The van der Waals surface area contributed by atoms with Crippen LogP contribution in [0.3, 0.4) is 0 Å². The van der Waals surface area contributed by atoms with Crippen molar-refractivity contribution in [1.82, 2.24) is 0 Å². The molecule has 3 nitrogen and oxygen atoms in total. The number of hydrogen-bond donors (Lipinski definition) is 0. The average Bonchev–Trinajstić information content (AvgIpc) is 2.98. The van der Waals surface area contributed by atoms with Gasteiger partial charge in [-0.3, -0.25) is 4.79 Å². The molecule has 0 fully saturated rings. The first-order valence-corrected chi connectivity index (χ1v) is 8.68. The summed E-state index contributed by atoms with van der Waals surface area (Å²) in [6.07, 6.45) is 6.77. The van der Waals surface area contributed by atoms with Crippen LogP contribution in [-0.4, -0.2) is 12.9 Å². The van der Waals surface area contributed by atoms with Crippen molar-refractivity contribution in [2.45, 2.75) is 13.0 Å². The Morgan fingerprint density at radius 1 is 1.08 bits per heavy atom. The maximum atomic E-state index is 12.7. The van der Waals surface area contributed by atoms with Crippen molar-refractivity contribution in [1.29, 1.82) is 0 Å². The summed E-state index contributed by atoms with van der Waals surface area (Å²) in [7, 11) is 1.64. The summed E-state index contributed by atoms with van der Waals surface area (Å²) in [4.78, 5) is 12.7. The zero-order valence-corrected chi connectivity index (χ0v) is 14.7. The van der Waals surface area contributed by atoms with Crippen LogP contribution in [0.4, 0.5) is 0 Å². The van der Waals surface area contributed by atoms with Crippen LogP contribution < -0.4 is 9.30 Å². The van der Waals surface area contributed by atoms with Gasteiger partial charge >= 0.3 is 0 Å². The fourth-order valence-corrected chi connectivity index (χ4v) is 3.36. The van der Waals surface area contributed by atoms with E-state index in [0.717, 1.165) is 34.6 Å². The molecule has 1 aromatic heterocycles. The summed E-state index contributed by atoms with van der Waals surface area (Å²) in [5, 5.41) is 0. The van der Waals surface area contributed by atoms with E-state index in [2.05, 4.69) is 22.9 Å². The number of rotatable bonds is 4. The van der Waals surface area contributed by atoms with Crippen LogP contribution in [0.1, 0.15) is 27.0 Å².